The molecular formula is C11H8FNO2. The van der Waals surface area contributed by atoms with E-state index < -0.39 is 5.97 Å². The third-order valence-corrected chi connectivity index (χ3v) is 2.05. The molecule has 0 radical (unpaired) electrons. The minimum Gasteiger partial charge on any atom is -0.464 e. The molecule has 0 amide bonds. The van der Waals surface area contributed by atoms with Gasteiger partial charge in [0.25, 0.3) is 0 Å². The van der Waals surface area contributed by atoms with Crippen molar-refractivity contribution in [1.82, 2.24) is 4.98 Å². The third kappa shape index (κ3) is 1.79. The van der Waals surface area contributed by atoms with Gasteiger partial charge in [0, 0.05) is 5.39 Å². The zero-order chi connectivity index (χ0) is 10.8. The van der Waals surface area contributed by atoms with Crippen LogP contribution in [0.3, 0.4) is 0 Å². The summed E-state index contributed by atoms with van der Waals surface area (Å²) in [5, 5.41) is 0.655. The maximum atomic E-state index is 12.8. The Hall–Kier alpha value is -1.97. The molecule has 0 aliphatic heterocycles. The Bertz CT molecular complexity index is 525. The van der Waals surface area contributed by atoms with E-state index in [2.05, 4.69) is 9.72 Å². The van der Waals surface area contributed by atoms with E-state index in [-0.39, 0.29) is 11.5 Å². The summed E-state index contributed by atoms with van der Waals surface area (Å²) in [5.74, 6) is -0.823. The van der Waals surface area contributed by atoms with Crippen LogP contribution in [0.4, 0.5) is 4.39 Å². The van der Waals surface area contributed by atoms with E-state index in [4.69, 9.17) is 0 Å². The second kappa shape index (κ2) is 3.65. The second-order valence-electron chi connectivity index (χ2n) is 3.03. The first-order valence-corrected chi connectivity index (χ1v) is 4.35. The first kappa shape index (κ1) is 9.58. The second-order valence-corrected chi connectivity index (χ2v) is 3.03. The van der Waals surface area contributed by atoms with Gasteiger partial charge in [0.05, 0.1) is 12.6 Å². The molecule has 4 heteroatoms. The normalized spacial score (nSPS) is 10.3. The van der Waals surface area contributed by atoms with Crippen LogP contribution in [0.25, 0.3) is 10.9 Å². The van der Waals surface area contributed by atoms with Crippen molar-refractivity contribution in [3.05, 3.63) is 41.8 Å². The molecule has 1 heterocycles. The number of pyridine rings is 1. The van der Waals surface area contributed by atoms with Crippen molar-refractivity contribution in [3.8, 4) is 0 Å². The van der Waals surface area contributed by atoms with Crippen molar-refractivity contribution in [1.29, 1.82) is 0 Å². The number of carbonyl (C=O) groups is 1. The summed E-state index contributed by atoms with van der Waals surface area (Å²) in [6.07, 6.45) is 0. The number of ether oxygens (including phenoxy) is 1. The summed E-state index contributed by atoms with van der Waals surface area (Å²) < 4.78 is 17.4. The number of halogens is 1. The fourth-order valence-electron chi connectivity index (χ4n) is 1.31. The molecule has 2 rings (SSSR count). The van der Waals surface area contributed by atoms with Gasteiger partial charge in [-0.1, -0.05) is 6.07 Å². The molecule has 0 fully saturated rings. The number of hydrogen-bond acceptors (Lipinski definition) is 3. The smallest absolute Gasteiger partial charge is 0.356 e. The molecule has 0 aliphatic carbocycles. The van der Waals surface area contributed by atoms with Crippen LogP contribution in [0.2, 0.25) is 0 Å². The molecule has 15 heavy (non-hydrogen) atoms. The minimum atomic E-state index is -0.499. The summed E-state index contributed by atoms with van der Waals surface area (Å²) in [7, 11) is 1.29. The van der Waals surface area contributed by atoms with Gasteiger partial charge in [0.15, 0.2) is 0 Å². The van der Waals surface area contributed by atoms with Gasteiger partial charge in [-0.2, -0.15) is 0 Å². The molecule has 0 atom stereocenters. The van der Waals surface area contributed by atoms with Crippen molar-refractivity contribution in [3.63, 3.8) is 0 Å². The first-order valence-electron chi connectivity index (χ1n) is 4.35. The Morgan fingerprint density at radius 1 is 1.33 bits per heavy atom. The number of aromatic nitrogens is 1. The molecule has 2 aromatic rings. The van der Waals surface area contributed by atoms with Gasteiger partial charge < -0.3 is 4.74 Å². The molecule has 76 valence electrons. The number of fused-ring (bicyclic) bond motifs is 1. The van der Waals surface area contributed by atoms with E-state index >= 15 is 0 Å². The summed E-state index contributed by atoms with van der Waals surface area (Å²) in [6.45, 7) is 0. The number of benzene rings is 1. The zero-order valence-electron chi connectivity index (χ0n) is 8.03. The standard InChI is InChI=1S/C11H8FNO2/c1-15-11(14)10-4-2-7-6-8(12)3-5-9(7)13-10/h2-6H,1H3. The maximum absolute atomic E-state index is 12.8. The Kier molecular flexibility index (Phi) is 2.33. The molecule has 0 spiro atoms. The van der Waals surface area contributed by atoms with Gasteiger partial charge in [-0.3, -0.25) is 0 Å². The molecule has 1 aromatic heterocycles. The monoisotopic (exact) mass is 205 g/mol. The molecule has 0 bridgehead atoms. The van der Waals surface area contributed by atoms with Crippen LogP contribution in [0.15, 0.2) is 30.3 Å². The Labute approximate surface area is 85.5 Å². The third-order valence-electron chi connectivity index (χ3n) is 2.05. The number of methoxy groups -OCH3 is 1. The van der Waals surface area contributed by atoms with Gasteiger partial charge in [0.1, 0.15) is 11.5 Å². The van der Waals surface area contributed by atoms with E-state index in [0.717, 1.165) is 0 Å². The molecule has 0 N–H and O–H groups in total. The molecule has 1 aromatic carbocycles. The average molecular weight is 205 g/mol. The lowest BCUT2D eigenvalue weighted by molar-refractivity contribution is 0.0594. The van der Waals surface area contributed by atoms with E-state index in [1.54, 1.807) is 6.07 Å². The van der Waals surface area contributed by atoms with Crippen molar-refractivity contribution < 1.29 is 13.9 Å². The van der Waals surface area contributed by atoms with Gasteiger partial charge in [-0.15, -0.1) is 0 Å². The highest BCUT2D eigenvalue weighted by Gasteiger charge is 2.07. The highest BCUT2D eigenvalue weighted by atomic mass is 19.1. The number of hydrogen-bond donors (Lipinski definition) is 0. The van der Waals surface area contributed by atoms with Crippen molar-refractivity contribution in [2.45, 2.75) is 0 Å². The first-order chi connectivity index (χ1) is 7.20. The number of carbonyl (C=O) groups excluding carboxylic acids is 1. The predicted octanol–water partition coefficient (Wildman–Crippen LogP) is 2.16. The topological polar surface area (TPSA) is 39.2 Å². The summed E-state index contributed by atoms with van der Waals surface area (Å²) in [5.41, 5.74) is 0.788. The van der Waals surface area contributed by atoms with Gasteiger partial charge in [0.2, 0.25) is 0 Å². The molecular weight excluding hydrogens is 197 g/mol. The molecule has 0 aliphatic rings. The summed E-state index contributed by atoms with van der Waals surface area (Å²) in [4.78, 5) is 15.2. The number of esters is 1. The van der Waals surface area contributed by atoms with E-state index in [9.17, 15) is 9.18 Å². The van der Waals surface area contributed by atoms with Gasteiger partial charge in [-0.05, 0) is 24.3 Å². The van der Waals surface area contributed by atoms with E-state index in [1.165, 1.54) is 31.4 Å². The van der Waals surface area contributed by atoms with Crippen LogP contribution in [-0.2, 0) is 4.74 Å². The lowest BCUT2D eigenvalue weighted by Crippen LogP contribution is -2.03. The maximum Gasteiger partial charge on any atom is 0.356 e. The largest absolute Gasteiger partial charge is 0.464 e. The van der Waals surface area contributed by atoms with E-state index in [0.29, 0.717) is 10.9 Å². The highest BCUT2D eigenvalue weighted by molar-refractivity contribution is 5.90. The Balaban J connectivity index is 2.57. The lowest BCUT2D eigenvalue weighted by atomic mass is 10.2. The van der Waals surface area contributed by atoms with Gasteiger partial charge >= 0.3 is 5.97 Å². The van der Waals surface area contributed by atoms with Crippen LogP contribution in [-0.4, -0.2) is 18.1 Å². The Morgan fingerprint density at radius 3 is 2.87 bits per heavy atom. The summed E-state index contributed by atoms with van der Waals surface area (Å²) in [6, 6.07) is 7.34. The molecule has 3 nitrogen and oxygen atoms in total. The van der Waals surface area contributed by atoms with Crippen molar-refractivity contribution in [2.24, 2.45) is 0 Å². The quantitative estimate of drug-likeness (QED) is 0.669. The van der Waals surface area contributed by atoms with Crippen LogP contribution in [0, 0.1) is 5.82 Å². The lowest BCUT2D eigenvalue weighted by Gasteiger charge is -2.00. The number of nitrogens with zero attached hydrogens (tertiary/aromatic N) is 1. The van der Waals surface area contributed by atoms with Crippen LogP contribution >= 0.6 is 0 Å². The zero-order valence-corrected chi connectivity index (χ0v) is 8.03. The molecule has 0 saturated heterocycles. The predicted molar refractivity (Wildman–Crippen MR) is 53.0 cm³/mol. The molecule has 0 unspecified atom stereocenters. The fourth-order valence-corrected chi connectivity index (χ4v) is 1.31. The highest BCUT2D eigenvalue weighted by Crippen LogP contribution is 2.14. The van der Waals surface area contributed by atoms with Crippen LogP contribution in [0.5, 0.6) is 0 Å². The fraction of sp³-hybridized carbons (Fsp3) is 0.0909. The van der Waals surface area contributed by atoms with Crippen molar-refractivity contribution >= 4 is 16.9 Å². The van der Waals surface area contributed by atoms with Gasteiger partial charge in [-0.25, -0.2) is 14.2 Å². The Morgan fingerprint density at radius 2 is 2.13 bits per heavy atom. The van der Waals surface area contributed by atoms with Crippen LogP contribution < -0.4 is 0 Å². The van der Waals surface area contributed by atoms with Crippen LogP contribution in [0.1, 0.15) is 10.5 Å². The minimum absolute atomic E-state index is 0.219. The number of rotatable bonds is 1. The average Bonchev–Trinajstić information content (AvgIpc) is 2.27. The summed E-state index contributed by atoms with van der Waals surface area (Å²) >= 11 is 0. The van der Waals surface area contributed by atoms with Crippen molar-refractivity contribution in [2.75, 3.05) is 7.11 Å². The SMILES string of the molecule is COC(=O)c1ccc2cc(F)ccc2n1. The van der Waals surface area contributed by atoms with E-state index in [1.807, 2.05) is 0 Å². The molecule has 0 saturated carbocycles.